The molecule has 0 saturated carbocycles. The fourth-order valence-electron chi connectivity index (χ4n) is 4.87. The van der Waals surface area contributed by atoms with Crippen molar-refractivity contribution >= 4 is 46.1 Å². The summed E-state index contributed by atoms with van der Waals surface area (Å²) in [5.41, 5.74) is 5.93. The van der Waals surface area contributed by atoms with Crippen molar-refractivity contribution in [3.63, 3.8) is 0 Å². The minimum absolute atomic E-state index is 0.253. The number of para-hydroxylation sites is 1. The van der Waals surface area contributed by atoms with Crippen LogP contribution in [0.4, 0.5) is 17.1 Å². The lowest BCUT2D eigenvalue weighted by Gasteiger charge is -2.22. The monoisotopic (exact) mass is 560 g/mol. The fourth-order valence-corrected chi connectivity index (χ4v) is 4.87. The number of ether oxygens (including phenoxy) is 1. The molecule has 5 rings (SSSR count). The van der Waals surface area contributed by atoms with E-state index in [9.17, 15) is 14.4 Å². The molecule has 212 valence electrons. The summed E-state index contributed by atoms with van der Waals surface area (Å²) < 4.78 is 4.85. The van der Waals surface area contributed by atoms with Gasteiger partial charge >= 0.3 is 5.97 Å². The summed E-state index contributed by atoms with van der Waals surface area (Å²) in [5.74, 6) is -1.21. The van der Waals surface area contributed by atoms with E-state index in [0.29, 0.717) is 33.8 Å². The van der Waals surface area contributed by atoms with Crippen LogP contribution >= 0.6 is 0 Å². The number of methoxy groups -OCH3 is 1. The van der Waals surface area contributed by atoms with Crippen LogP contribution in [0, 0.1) is 0 Å². The van der Waals surface area contributed by atoms with Crippen molar-refractivity contribution in [1.82, 2.24) is 4.90 Å². The number of amides is 2. The van der Waals surface area contributed by atoms with Crippen molar-refractivity contribution in [2.45, 2.75) is 6.54 Å². The Morgan fingerprint density at radius 2 is 1.50 bits per heavy atom. The van der Waals surface area contributed by atoms with Crippen LogP contribution in [0.1, 0.15) is 27.0 Å². The molecular weight excluding hydrogens is 528 g/mol. The molecule has 4 aromatic carbocycles. The minimum atomic E-state index is -0.544. The molecule has 2 N–H and O–H groups in total. The smallest absolute Gasteiger partial charge is 0.325 e. The highest BCUT2D eigenvalue weighted by Gasteiger charge is 2.30. The second-order valence-corrected chi connectivity index (χ2v) is 10.2. The van der Waals surface area contributed by atoms with Gasteiger partial charge in [0.1, 0.15) is 6.54 Å². The standard InChI is InChI=1S/C34H32N4O4/c1-37(2)21-23-14-17-26(18-15-23)35-32(24-10-6-4-7-11-24)31-28-20-25(16-19-29(28)36-33(31)40)34(41)38(22-30(39)42-3)27-12-8-5-9-13-27/h4-20,35H,21-22H2,1-3H3,(H,36,40). The Morgan fingerprint density at radius 3 is 2.14 bits per heavy atom. The Labute approximate surface area is 245 Å². The molecule has 0 spiro atoms. The van der Waals surface area contributed by atoms with Crippen molar-refractivity contribution in [2.24, 2.45) is 0 Å². The van der Waals surface area contributed by atoms with Crippen LogP contribution < -0.4 is 15.5 Å². The second kappa shape index (κ2) is 12.5. The van der Waals surface area contributed by atoms with Gasteiger partial charge in [-0.2, -0.15) is 0 Å². The predicted molar refractivity (Wildman–Crippen MR) is 166 cm³/mol. The summed E-state index contributed by atoms with van der Waals surface area (Å²) in [4.78, 5) is 42.9. The minimum Gasteiger partial charge on any atom is -0.468 e. The van der Waals surface area contributed by atoms with Crippen molar-refractivity contribution in [3.05, 3.63) is 125 Å². The Kier molecular flexibility index (Phi) is 8.45. The van der Waals surface area contributed by atoms with E-state index < -0.39 is 5.97 Å². The molecule has 42 heavy (non-hydrogen) atoms. The van der Waals surface area contributed by atoms with E-state index in [1.54, 1.807) is 42.5 Å². The van der Waals surface area contributed by atoms with Crippen molar-refractivity contribution in [3.8, 4) is 0 Å². The Morgan fingerprint density at radius 1 is 0.833 bits per heavy atom. The lowest BCUT2D eigenvalue weighted by Crippen LogP contribution is -2.36. The first-order chi connectivity index (χ1) is 20.3. The number of hydrogen-bond acceptors (Lipinski definition) is 6. The summed E-state index contributed by atoms with van der Waals surface area (Å²) in [7, 11) is 5.33. The van der Waals surface area contributed by atoms with Gasteiger partial charge in [0.2, 0.25) is 0 Å². The molecule has 8 nitrogen and oxygen atoms in total. The second-order valence-electron chi connectivity index (χ2n) is 10.2. The number of hydrogen-bond donors (Lipinski definition) is 2. The molecule has 1 aliphatic rings. The van der Waals surface area contributed by atoms with E-state index in [4.69, 9.17) is 4.74 Å². The summed E-state index contributed by atoms with van der Waals surface area (Å²) in [6, 6.07) is 31.7. The summed E-state index contributed by atoms with van der Waals surface area (Å²) in [6.45, 7) is 0.562. The van der Waals surface area contributed by atoms with Gasteiger partial charge in [-0.3, -0.25) is 19.3 Å². The molecule has 0 unspecified atom stereocenters. The van der Waals surface area contributed by atoms with Gasteiger partial charge in [-0.15, -0.1) is 0 Å². The van der Waals surface area contributed by atoms with E-state index >= 15 is 0 Å². The van der Waals surface area contributed by atoms with Gasteiger partial charge in [0, 0.05) is 34.7 Å². The van der Waals surface area contributed by atoms with Gasteiger partial charge in [0.05, 0.1) is 18.4 Å². The highest BCUT2D eigenvalue weighted by Crippen LogP contribution is 2.38. The molecule has 8 heteroatoms. The zero-order chi connectivity index (χ0) is 29.6. The number of nitrogens with zero attached hydrogens (tertiary/aromatic N) is 2. The van der Waals surface area contributed by atoms with Gasteiger partial charge in [-0.1, -0.05) is 60.7 Å². The van der Waals surface area contributed by atoms with Crippen LogP contribution in [0.5, 0.6) is 0 Å². The van der Waals surface area contributed by atoms with E-state index in [1.807, 2.05) is 62.6 Å². The zero-order valence-electron chi connectivity index (χ0n) is 23.8. The van der Waals surface area contributed by atoms with E-state index in [0.717, 1.165) is 17.8 Å². The number of anilines is 3. The van der Waals surface area contributed by atoms with Gasteiger partial charge < -0.3 is 20.3 Å². The molecule has 0 bridgehead atoms. The maximum atomic E-state index is 13.8. The molecule has 1 heterocycles. The first-order valence-electron chi connectivity index (χ1n) is 13.5. The number of nitrogens with one attached hydrogen (secondary N) is 2. The van der Waals surface area contributed by atoms with E-state index in [2.05, 4.69) is 27.7 Å². The zero-order valence-corrected chi connectivity index (χ0v) is 23.8. The molecule has 2 amide bonds. The first kappa shape index (κ1) is 28.3. The topological polar surface area (TPSA) is 91.0 Å². The number of benzene rings is 4. The van der Waals surface area contributed by atoms with Crippen molar-refractivity contribution < 1.29 is 19.1 Å². The molecule has 0 aliphatic carbocycles. The molecule has 0 radical (unpaired) electrons. The third-order valence-corrected chi connectivity index (χ3v) is 6.87. The summed E-state index contributed by atoms with van der Waals surface area (Å²) in [6.07, 6.45) is 0. The molecular formula is C34H32N4O4. The molecule has 0 fully saturated rings. The normalized spacial score (nSPS) is 13.3. The predicted octanol–water partition coefficient (Wildman–Crippen LogP) is 5.50. The highest BCUT2D eigenvalue weighted by molar-refractivity contribution is 6.37. The molecule has 0 aromatic heterocycles. The third kappa shape index (κ3) is 6.24. The maximum Gasteiger partial charge on any atom is 0.325 e. The average Bonchev–Trinajstić information content (AvgIpc) is 3.34. The average molecular weight is 561 g/mol. The number of carbonyl (C=O) groups is 3. The SMILES string of the molecule is COC(=O)CN(C(=O)c1ccc2c(c1)C(=C(Nc1ccc(CN(C)C)cc1)c1ccccc1)C(=O)N2)c1ccccc1. The van der Waals surface area contributed by atoms with Crippen molar-refractivity contribution in [1.29, 1.82) is 0 Å². The van der Waals surface area contributed by atoms with Crippen LogP contribution in [-0.2, 0) is 20.9 Å². The van der Waals surface area contributed by atoms with E-state index in [1.165, 1.54) is 17.6 Å². The lowest BCUT2D eigenvalue weighted by molar-refractivity contribution is -0.138. The number of esters is 1. The van der Waals surface area contributed by atoms with Gasteiger partial charge in [0.15, 0.2) is 0 Å². The van der Waals surface area contributed by atoms with Crippen LogP contribution in [0.2, 0.25) is 0 Å². The van der Waals surface area contributed by atoms with Gasteiger partial charge in [-0.05, 0) is 67.7 Å². The number of rotatable bonds is 9. The number of fused-ring (bicyclic) bond motifs is 1. The molecule has 4 aromatic rings. The van der Waals surface area contributed by atoms with Crippen LogP contribution in [0.3, 0.4) is 0 Å². The quantitative estimate of drug-likeness (QED) is 0.208. The molecule has 1 aliphatic heterocycles. The summed E-state index contributed by atoms with van der Waals surface area (Å²) in [5, 5.41) is 6.41. The van der Waals surface area contributed by atoms with Crippen LogP contribution in [-0.4, -0.2) is 50.4 Å². The Bertz CT molecular complexity index is 1630. The lowest BCUT2D eigenvalue weighted by atomic mass is 9.98. The highest BCUT2D eigenvalue weighted by atomic mass is 16.5. The summed E-state index contributed by atoms with van der Waals surface area (Å²) >= 11 is 0. The first-order valence-corrected chi connectivity index (χ1v) is 13.5. The fraction of sp³-hybridized carbons (Fsp3) is 0.147. The van der Waals surface area contributed by atoms with Crippen LogP contribution in [0.15, 0.2) is 103 Å². The molecule has 0 saturated heterocycles. The third-order valence-electron chi connectivity index (χ3n) is 6.87. The van der Waals surface area contributed by atoms with E-state index in [-0.39, 0.29) is 18.4 Å². The van der Waals surface area contributed by atoms with Crippen LogP contribution in [0.25, 0.3) is 11.3 Å². The Balaban J connectivity index is 1.57. The van der Waals surface area contributed by atoms with Gasteiger partial charge in [0.25, 0.3) is 11.8 Å². The maximum absolute atomic E-state index is 13.8. The van der Waals surface area contributed by atoms with Crippen molar-refractivity contribution in [2.75, 3.05) is 43.3 Å². The van der Waals surface area contributed by atoms with Gasteiger partial charge in [-0.25, -0.2) is 0 Å². The number of carbonyl (C=O) groups excluding carboxylic acids is 3. The largest absolute Gasteiger partial charge is 0.468 e. The Hall–Kier alpha value is -5.21. The molecule has 0 atom stereocenters.